The summed E-state index contributed by atoms with van der Waals surface area (Å²) in [5.41, 5.74) is 2.33. The molecule has 1 amide bonds. The number of aliphatic imine (C=N–C) groups is 1. The number of esters is 1. The molecule has 2 unspecified atom stereocenters. The highest BCUT2D eigenvalue weighted by Gasteiger charge is 2.61. The lowest BCUT2D eigenvalue weighted by molar-refractivity contribution is -0.183. The average Bonchev–Trinajstić information content (AvgIpc) is 3.32. The van der Waals surface area contributed by atoms with E-state index >= 15 is 0 Å². The van der Waals surface area contributed by atoms with Crippen molar-refractivity contribution in [1.82, 2.24) is 4.90 Å². The smallest absolute Gasteiger partial charge is 0.331 e. The van der Waals surface area contributed by atoms with Crippen molar-refractivity contribution in [2.75, 3.05) is 5.88 Å². The summed E-state index contributed by atoms with van der Waals surface area (Å²) in [6, 6.07) is 26.2. The van der Waals surface area contributed by atoms with Gasteiger partial charge in [0, 0.05) is 11.4 Å². The normalized spacial score (nSPS) is 21.1. The van der Waals surface area contributed by atoms with Gasteiger partial charge >= 0.3 is 5.97 Å². The molecule has 4 atom stereocenters. The van der Waals surface area contributed by atoms with Crippen LogP contribution in [0.3, 0.4) is 0 Å². The Bertz CT molecular complexity index is 1230. The van der Waals surface area contributed by atoms with Crippen molar-refractivity contribution in [3.05, 3.63) is 108 Å². The van der Waals surface area contributed by atoms with E-state index in [-0.39, 0.29) is 11.8 Å². The van der Waals surface area contributed by atoms with Crippen LogP contribution in [0.4, 0.5) is 0 Å². The molecule has 0 aromatic heterocycles. The topological polar surface area (TPSA) is 68.2 Å². The van der Waals surface area contributed by atoms with Gasteiger partial charge in [0.2, 0.25) is 12.1 Å². The molecule has 3 aromatic rings. The highest BCUT2D eigenvalue weighted by atomic mass is 35.5. The maximum Gasteiger partial charge on any atom is 0.331 e. The Kier molecular flexibility index (Phi) is 6.73. The van der Waals surface area contributed by atoms with Crippen LogP contribution in [-0.2, 0) is 19.1 Å². The predicted molar refractivity (Wildman–Crippen MR) is 138 cm³/mol. The van der Waals surface area contributed by atoms with E-state index in [0.717, 1.165) is 16.7 Å². The number of hydrogen-bond acceptors (Lipinski definition) is 5. The first kappa shape index (κ1) is 24.3. The van der Waals surface area contributed by atoms with Gasteiger partial charge < -0.3 is 9.47 Å². The Morgan fingerprint density at radius 1 is 1.00 bits per heavy atom. The van der Waals surface area contributed by atoms with Crippen LogP contribution in [0.15, 0.2) is 96.0 Å². The van der Waals surface area contributed by atoms with Crippen LogP contribution in [0.2, 0.25) is 0 Å². The number of nitrogens with zero attached hydrogens (tertiary/aromatic N) is 2. The second kappa shape index (κ2) is 9.96. The van der Waals surface area contributed by atoms with Crippen LogP contribution in [0.5, 0.6) is 0 Å². The minimum atomic E-state index is -1.31. The molecule has 3 aromatic carbocycles. The summed E-state index contributed by atoms with van der Waals surface area (Å²) in [4.78, 5) is 31.4. The number of rotatable bonds is 8. The van der Waals surface area contributed by atoms with Crippen molar-refractivity contribution in [1.29, 1.82) is 0 Å². The van der Waals surface area contributed by atoms with Gasteiger partial charge in [-0.2, -0.15) is 0 Å². The van der Waals surface area contributed by atoms with E-state index in [1.807, 2.05) is 91.0 Å². The van der Waals surface area contributed by atoms with Gasteiger partial charge in [-0.15, -0.1) is 23.2 Å². The molecule has 0 aliphatic carbocycles. The first-order valence-electron chi connectivity index (χ1n) is 11.6. The van der Waals surface area contributed by atoms with E-state index in [1.54, 1.807) is 6.92 Å². The molecule has 0 bridgehead atoms. The molecule has 36 heavy (non-hydrogen) atoms. The Morgan fingerprint density at radius 2 is 1.53 bits per heavy atom. The zero-order valence-electron chi connectivity index (χ0n) is 19.5. The number of fused-ring (bicyclic) bond motifs is 1. The van der Waals surface area contributed by atoms with Crippen molar-refractivity contribution in [2.24, 2.45) is 4.99 Å². The maximum atomic E-state index is 13.8. The van der Waals surface area contributed by atoms with E-state index in [1.165, 1.54) is 4.90 Å². The summed E-state index contributed by atoms with van der Waals surface area (Å²) in [5, 5.41) is 0. The zero-order chi connectivity index (χ0) is 25.3. The molecule has 0 spiro atoms. The lowest BCUT2D eigenvalue weighted by Gasteiger charge is -2.47. The Labute approximate surface area is 219 Å². The molecule has 8 heteroatoms. The monoisotopic (exact) mass is 522 g/mol. The number of amides is 1. The van der Waals surface area contributed by atoms with Gasteiger partial charge in [-0.05, 0) is 30.2 Å². The Hall–Kier alpha value is -3.35. The largest absolute Gasteiger partial charge is 0.451 e. The van der Waals surface area contributed by atoms with Gasteiger partial charge in [0.05, 0.1) is 4.87 Å². The second-order valence-electron chi connectivity index (χ2n) is 8.95. The fourth-order valence-corrected chi connectivity index (χ4v) is 4.81. The summed E-state index contributed by atoms with van der Waals surface area (Å²) in [5.74, 6) is -0.777. The second-order valence-corrected chi connectivity index (χ2v) is 10.1. The quantitative estimate of drug-likeness (QED) is 0.238. The van der Waals surface area contributed by atoms with Gasteiger partial charge in [0.25, 0.3) is 5.91 Å². The van der Waals surface area contributed by atoms with Gasteiger partial charge in [-0.3, -0.25) is 9.69 Å². The highest BCUT2D eigenvalue weighted by molar-refractivity contribution is 6.32. The standard InChI is InChI=1S/C28H24Cl2N2O4/c1-28(30,17-29)23(32-25(33)21-26(32)36-24(31-21)20-15-9-4-10-16-20)27(34)35-22(18-11-5-2-6-12-18)19-13-7-3-8-14-19/h2-16,21-23,26H,17H2,1H3/t21-,23?,26-,28?/m0/s1. The molecule has 0 N–H and O–H groups in total. The molecule has 2 aliphatic heterocycles. The Balaban J connectivity index is 1.44. The number of likely N-dealkylation sites (tertiary alicyclic amines) is 1. The lowest BCUT2D eigenvalue weighted by atomic mass is 9.93. The van der Waals surface area contributed by atoms with Crippen molar-refractivity contribution >= 4 is 41.0 Å². The minimum Gasteiger partial charge on any atom is -0.451 e. The van der Waals surface area contributed by atoms with Crippen LogP contribution >= 0.6 is 23.2 Å². The van der Waals surface area contributed by atoms with E-state index < -0.39 is 35.3 Å². The molecule has 6 nitrogen and oxygen atoms in total. The van der Waals surface area contributed by atoms with E-state index in [2.05, 4.69) is 4.99 Å². The first-order valence-corrected chi connectivity index (χ1v) is 12.5. The molecule has 1 saturated heterocycles. The molecule has 5 rings (SSSR count). The third-order valence-corrected chi connectivity index (χ3v) is 7.37. The van der Waals surface area contributed by atoms with Crippen molar-refractivity contribution in [2.45, 2.75) is 36.2 Å². The van der Waals surface area contributed by atoms with Crippen molar-refractivity contribution in [3.63, 3.8) is 0 Å². The van der Waals surface area contributed by atoms with Crippen LogP contribution in [0.1, 0.15) is 29.7 Å². The number of alkyl halides is 2. The summed E-state index contributed by atoms with van der Waals surface area (Å²) in [6.07, 6.45) is -1.46. The molecule has 0 radical (unpaired) electrons. The Morgan fingerprint density at radius 3 is 2.06 bits per heavy atom. The minimum absolute atomic E-state index is 0.0940. The van der Waals surface area contributed by atoms with Gasteiger partial charge in [-0.25, -0.2) is 9.79 Å². The van der Waals surface area contributed by atoms with Crippen LogP contribution < -0.4 is 0 Å². The number of halogens is 2. The summed E-state index contributed by atoms with van der Waals surface area (Å²) >= 11 is 12.9. The number of ether oxygens (including phenoxy) is 2. The third kappa shape index (κ3) is 4.47. The summed E-state index contributed by atoms with van der Waals surface area (Å²) < 4.78 is 12.1. The number of carbonyl (C=O) groups is 2. The maximum absolute atomic E-state index is 13.8. The van der Waals surface area contributed by atoms with E-state index in [9.17, 15) is 9.59 Å². The van der Waals surface area contributed by atoms with Crippen molar-refractivity contribution in [3.8, 4) is 0 Å². The molecular weight excluding hydrogens is 499 g/mol. The third-order valence-electron chi connectivity index (χ3n) is 6.33. The SMILES string of the molecule is CC(Cl)(CCl)C(C(=O)OC(c1ccccc1)c1ccccc1)N1C(=O)[C@@H]2N=C(c3ccccc3)O[C@@H]21. The molecule has 0 saturated carbocycles. The summed E-state index contributed by atoms with van der Waals surface area (Å²) in [7, 11) is 0. The predicted octanol–water partition coefficient (Wildman–Crippen LogP) is 4.94. The number of carbonyl (C=O) groups excluding carboxylic acids is 2. The number of β-lactam (4-membered cyclic amide) rings is 1. The van der Waals surface area contributed by atoms with Crippen LogP contribution in [0, 0.1) is 0 Å². The highest BCUT2D eigenvalue weighted by Crippen LogP contribution is 2.40. The molecule has 2 aliphatic rings. The summed E-state index contributed by atoms with van der Waals surface area (Å²) in [6.45, 7) is 1.61. The van der Waals surface area contributed by atoms with Crippen molar-refractivity contribution < 1.29 is 19.1 Å². The fraction of sp³-hybridized carbons (Fsp3) is 0.250. The fourth-order valence-electron chi connectivity index (χ4n) is 4.47. The van der Waals surface area contributed by atoms with Crippen LogP contribution in [-0.4, -0.2) is 51.7 Å². The lowest BCUT2D eigenvalue weighted by Crippen LogP contribution is -2.72. The van der Waals surface area contributed by atoms with Gasteiger partial charge in [0.1, 0.15) is 0 Å². The zero-order valence-corrected chi connectivity index (χ0v) is 21.0. The molecule has 2 heterocycles. The van der Waals surface area contributed by atoms with E-state index in [4.69, 9.17) is 32.7 Å². The average molecular weight is 523 g/mol. The van der Waals surface area contributed by atoms with Gasteiger partial charge in [0.15, 0.2) is 18.2 Å². The number of benzene rings is 3. The van der Waals surface area contributed by atoms with Gasteiger partial charge in [-0.1, -0.05) is 78.9 Å². The van der Waals surface area contributed by atoms with Crippen LogP contribution in [0.25, 0.3) is 0 Å². The molecule has 1 fully saturated rings. The number of hydrogen-bond donors (Lipinski definition) is 0. The molecule has 184 valence electrons. The van der Waals surface area contributed by atoms with E-state index in [0.29, 0.717) is 5.90 Å². The first-order chi connectivity index (χ1) is 17.4. The molecular formula is C28H24Cl2N2O4.